The van der Waals surface area contributed by atoms with E-state index in [0.717, 1.165) is 35.7 Å². The first kappa shape index (κ1) is 15.5. The number of nitrogens with zero attached hydrogens (tertiary/aromatic N) is 2. The highest BCUT2D eigenvalue weighted by molar-refractivity contribution is 5.79. The number of rotatable bonds is 5. The van der Waals surface area contributed by atoms with Gasteiger partial charge in [-0.2, -0.15) is 0 Å². The van der Waals surface area contributed by atoms with Crippen LogP contribution in [0.5, 0.6) is 0 Å². The SMILES string of the molecule is CCCCC1C=CCN1C(=O)NCc1cnc2ccccc2c1. The Hall–Kier alpha value is -2.36. The van der Waals surface area contributed by atoms with E-state index in [9.17, 15) is 4.79 Å². The van der Waals surface area contributed by atoms with Crippen molar-refractivity contribution in [3.8, 4) is 0 Å². The number of amides is 2. The first-order valence-electron chi connectivity index (χ1n) is 8.32. The van der Waals surface area contributed by atoms with Gasteiger partial charge in [0, 0.05) is 24.7 Å². The average Bonchev–Trinajstić information content (AvgIpc) is 3.06. The van der Waals surface area contributed by atoms with Gasteiger partial charge in [-0.15, -0.1) is 0 Å². The number of para-hydroxylation sites is 1. The van der Waals surface area contributed by atoms with Crippen LogP contribution in [0.2, 0.25) is 0 Å². The van der Waals surface area contributed by atoms with E-state index in [-0.39, 0.29) is 12.1 Å². The van der Waals surface area contributed by atoms with Gasteiger partial charge in [-0.25, -0.2) is 4.79 Å². The number of nitrogens with one attached hydrogen (secondary N) is 1. The first-order chi connectivity index (χ1) is 11.3. The van der Waals surface area contributed by atoms with Crippen molar-refractivity contribution in [1.82, 2.24) is 15.2 Å². The van der Waals surface area contributed by atoms with Crippen LogP contribution in [0, 0.1) is 0 Å². The molecule has 120 valence electrons. The quantitative estimate of drug-likeness (QED) is 0.852. The molecule has 2 aromatic rings. The Morgan fingerprint density at radius 2 is 2.26 bits per heavy atom. The van der Waals surface area contributed by atoms with Crippen LogP contribution >= 0.6 is 0 Å². The Morgan fingerprint density at radius 3 is 3.13 bits per heavy atom. The molecule has 0 bridgehead atoms. The molecule has 1 unspecified atom stereocenters. The third kappa shape index (κ3) is 3.70. The van der Waals surface area contributed by atoms with Crippen LogP contribution in [0.3, 0.4) is 0 Å². The van der Waals surface area contributed by atoms with Crippen LogP contribution in [0.25, 0.3) is 10.9 Å². The fourth-order valence-electron chi connectivity index (χ4n) is 2.96. The predicted octanol–water partition coefficient (Wildman–Crippen LogP) is 3.88. The molecule has 0 saturated heterocycles. The van der Waals surface area contributed by atoms with Gasteiger partial charge < -0.3 is 10.2 Å². The third-order valence-electron chi connectivity index (χ3n) is 4.27. The molecule has 2 heterocycles. The standard InChI is InChI=1S/C19H23N3O/c1-2-3-8-17-9-6-11-22(17)19(23)21-14-15-12-16-7-4-5-10-18(16)20-13-15/h4-7,9-10,12-13,17H,2-3,8,11,14H2,1H3,(H,21,23). The molecule has 4 nitrogen and oxygen atoms in total. The number of benzene rings is 1. The summed E-state index contributed by atoms with van der Waals surface area (Å²) >= 11 is 0. The van der Waals surface area contributed by atoms with Crippen LogP contribution in [-0.4, -0.2) is 28.5 Å². The summed E-state index contributed by atoms with van der Waals surface area (Å²) in [6.45, 7) is 3.39. The number of urea groups is 1. The van der Waals surface area contributed by atoms with E-state index >= 15 is 0 Å². The van der Waals surface area contributed by atoms with Crippen LogP contribution < -0.4 is 5.32 Å². The van der Waals surface area contributed by atoms with Gasteiger partial charge in [0.05, 0.1) is 11.6 Å². The minimum atomic E-state index is 0.00395. The van der Waals surface area contributed by atoms with Gasteiger partial charge in [-0.3, -0.25) is 4.98 Å². The molecule has 1 aliphatic rings. The van der Waals surface area contributed by atoms with E-state index in [1.807, 2.05) is 35.4 Å². The summed E-state index contributed by atoms with van der Waals surface area (Å²) in [6, 6.07) is 10.3. The van der Waals surface area contributed by atoms with Gasteiger partial charge in [-0.05, 0) is 24.1 Å². The summed E-state index contributed by atoms with van der Waals surface area (Å²) in [5, 5.41) is 4.12. The number of unbranched alkanes of at least 4 members (excludes halogenated alkanes) is 1. The van der Waals surface area contributed by atoms with Gasteiger partial charge in [0.15, 0.2) is 0 Å². The van der Waals surface area contributed by atoms with Gasteiger partial charge in [-0.1, -0.05) is 50.1 Å². The number of pyridine rings is 1. The second-order valence-corrected chi connectivity index (χ2v) is 5.99. The van der Waals surface area contributed by atoms with E-state index in [0.29, 0.717) is 13.1 Å². The molecule has 23 heavy (non-hydrogen) atoms. The largest absolute Gasteiger partial charge is 0.334 e. The average molecular weight is 309 g/mol. The molecular formula is C19H23N3O. The molecule has 0 radical (unpaired) electrons. The molecule has 1 N–H and O–H groups in total. The Labute approximate surface area is 137 Å². The lowest BCUT2D eigenvalue weighted by Crippen LogP contribution is -2.42. The summed E-state index contributed by atoms with van der Waals surface area (Å²) in [5.41, 5.74) is 2.00. The van der Waals surface area contributed by atoms with Crippen molar-refractivity contribution < 1.29 is 4.79 Å². The minimum Gasteiger partial charge on any atom is -0.334 e. The van der Waals surface area contributed by atoms with Gasteiger partial charge in [0.1, 0.15) is 0 Å². The molecule has 0 fully saturated rings. The van der Waals surface area contributed by atoms with Crippen molar-refractivity contribution in [3.05, 3.63) is 54.2 Å². The van der Waals surface area contributed by atoms with Crippen LogP contribution in [0.4, 0.5) is 4.79 Å². The molecular weight excluding hydrogens is 286 g/mol. The summed E-state index contributed by atoms with van der Waals surface area (Å²) in [6.07, 6.45) is 9.40. The van der Waals surface area contributed by atoms with Crippen molar-refractivity contribution in [2.24, 2.45) is 0 Å². The van der Waals surface area contributed by atoms with E-state index < -0.39 is 0 Å². The Morgan fingerprint density at radius 1 is 1.39 bits per heavy atom. The summed E-state index contributed by atoms with van der Waals surface area (Å²) < 4.78 is 0. The van der Waals surface area contributed by atoms with E-state index in [1.165, 1.54) is 0 Å². The highest BCUT2D eigenvalue weighted by Crippen LogP contribution is 2.17. The zero-order valence-electron chi connectivity index (χ0n) is 13.5. The third-order valence-corrected chi connectivity index (χ3v) is 4.27. The van der Waals surface area contributed by atoms with Crippen LogP contribution in [-0.2, 0) is 6.54 Å². The summed E-state index contributed by atoms with van der Waals surface area (Å²) in [7, 11) is 0. The zero-order valence-corrected chi connectivity index (χ0v) is 13.5. The van der Waals surface area contributed by atoms with E-state index in [2.05, 4.69) is 35.4 Å². The van der Waals surface area contributed by atoms with Crippen molar-refractivity contribution in [2.75, 3.05) is 6.54 Å². The summed E-state index contributed by atoms with van der Waals surface area (Å²) in [5.74, 6) is 0. The number of hydrogen-bond donors (Lipinski definition) is 1. The van der Waals surface area contributed by atoms with Crippen LogP contribution in [0.1, 0.15) is 31.7 Å². The molecule has 1 aliphatic heterocycles. The molecule has 4 heteroatoms. The van der Waals surface area contributed by atoms with E-state index in [4.69, 9.17) is 0 Å². The number of fused-ring (bicyclic) bond motifs is 1. The predicted molar refractivity (Wildman–Crippen MR) is 93.1 cm³/mol. The van der Waals surface area contributed by atoms with Gasteiger partial charge in [0.25, 0.3) is 0 Å². The van der Waals surface area contributed by atoms with E-state index in [1.54, 1.807) is 0 Å². The maximum atomic E-state index is 12.4. The lowest BCUT2D eigenvalue weighted by molar-refractivity contribution is 0.193. The highest BCUT2D eigenvalue weighted by atomic mass is 16.2. The number of carbonyl (C=O) groups is 1. The maximum absolute atomic E-state index is 12.4. The number of carbonyl (C=O) groups excluding carboxylic acids is 1. The minimum absolute atomic E-state index is 0.00395. The maximum Gasteiger partial charge on any atom is 0.318 e. The fourth-order valence-corrected chi connectivity index (χ4v) is 2.96. The number of aromatic nitrogens is 1. The fraction of sp³-hybridized carbons (Fsp3) is 0.368. The van der Waals surface area contributed by atoms with Gasteiger partial charge >= 0.3 is 6.03 Å². The summed E-state index contributed by atoms with van der Waals surface area (Å²) in [4.78, 5) is 18.8. The monoisotopic (exact) mass is 309 g/mol. The van der Waals surface area contributed by atoms with Crippen molar-refractivity contribution in [3.63, 3.8) is 0 Å². The molecule has 1 aromatic carbocycles. The smallest absolute Gasteiger partial charge is 0.318 e. The number of hydrogen-bond acceptors (Lipinski definition) is 2. The molecule has 1 atom stereocenters. The normalized spacial score (nSPS) is 16.9. The molecule has 0 spiro atoms. The second kappa shape index (κ2) is 7.27. The Balaban J connectivity index is 1.59. The molecule has 0 aliphatic carbocycles. The highest BCUT2D eigenvalue weighted by Gasteiger charge is 2.23. The van der Waals surface area contributed by atoms with Crippen LogP contribution in [0.15, 0.2) is 48.7 Å². The molecule has 0 saturated carbocycles. The molecule has 3 rings (SSSR count). The Bertz CT molecular complexity index is 711. The Kier molecular flexibility index (Phi) is 4.91. The zero-order chi connectivity index (χ0) is 16.1. The van der Waals surface area contributed by atoms with Gasteiger partial charge in [0.2, 0.25) is 0 Å². The molecule has 1 aromatic heterocycles. The first-order valence-corrected chi connectivity index (χ1v) is 8.32. The molecule has 2 amide bonds. The topological polar surface area (TPSA) is 45.2 Å². The lowest BCUT2D eigenvalue weighted by Gasteiger charge is -2.24. The second-order valence-electron chi connectivity index (χ2n) is 5.99. The van der Waals surface area contributed by atoms with Crippen molar-refractivity contribution in [1.29, 1.82) is 0 Å². The van der Waals surface area contributed by atoms with Crippen molar-refractivity contribution in [2.45, 2.75) is 38.8 Å². The van der Waals surface area contributed by atoms with Crippen molar-refractivity contribution >= 4 is 16.9 Å². The lowest BCUT2D eigenvalue weighted by atomic mass is 10.1.